The van der Waals surface area contributed by atoms with Crippen LogP contribution in [0.2, 0.25) is 0 Å². The maximum Gasteiger partial charge on any atom is 0.270 e. The Labute approximate surface area is 148 Å². The fourth-order valence-corrected chi connectivity index (χ4v) is 3.18. The summed E-state index contributed by atoms with van der Waals surface area (Å²) in [6.45, 7) is 4.05. The zero-order valence-corrected chi connectivity index (χ0v) is 14.1. The van der Waals surface area contributed by atoms with Gasteiger partial charge in [-0.15, -0.1) is 6.58 Å². The number of fused-ring (bicyclic) bond motifs is 1. The first kappa shape index (κ1) is 16.9. The smallest absolute Gasteiger partial charge is 0.270 e. The van der Waals surface area contributed by atoms with Crippen molar-refractivity contribution in [3.8, 4) is 0 Å². The van der Waals surface area contributed by atoms with E-state index in [-0.39, 0.29) is 16.6 Å². The number of benzene rings is 2. The van der Waals surface area contributed by atoms with Crippen LogP contribution in [0.1, 0.15) is 5.56 Å². The van der Waals surface area contributed by atoms with E-state index in [2.05, 4.69) is 11.6 Å². The Balaban J connectivity index is 2.18. The lowest BCUT2D eigenvalue weighted by Crippen LogP contribution is -2.24. The standard InChI is InChI=1S/C18H15N3O3S/c1-2-10-25-18-19-16-9-8-14(21(23)24)11-15(16)17(22)20(18)12-13-6-4-3-5-7-13/h2-9,11H,1,10,12H2. The third kappa shape index (κ3) is 3.61. The molecular formula is C18H15N3O3S. The molecule has 0 spiro atoms. The number of nitro benzene ring substituents is 1. The molecule has 7 heteroatoms. The summed E-state index contributed by atoms with van der Waals surface area (Å²) in [6.07, 6.45) is 1.74. The minimum Gasteiger partial charge on any atom is -0.283 e. The average molecular weight is 353 g/mol. The Morgan fingerprint density at radius 3 is 2.68 bits per heavy atom. The highest BCUT2D eigenvalue weighted by Gasteiger charge is 2.15. The van der Waals surface area contributed by atoms with Gasteiger partial charge in [-0.05, 0) is 11.6 Å². The number of aromatic nitrogens is 2. The van der Waals surface area contributed by atoms with Gasteiger partial charge in [0.05, 0.1) is 22.4 Å². The number of hydrogen-bond donors (Lipinski definition) is 0. The van der Waals surface area contributed by atoms with Gasteiger partial charge in [0.15, 0.2) is 5.16 Å². The van der Waals surface area contributed by atoms with Crippen molar-refractivity contribution in [3.05, 3.63) is 87.2 Å². The summed E-state index contributed by atoms with van der Waals surface area (Å²) in [5.41, 5.74) is 0.997. The minimum absolute atomic E-state index is 0.121. The van der Waals surface area contributed by atoms with Crippen LogP contribution >= 0.6 is 11.8 Å². The third-order valence-corrected chi connectivity index (χ3v) is 4.60. The maximum absolute atomic E-state index is 13.0. The molecule has 3 aromatic rings. The molecule has 1 heterocycles. The Hall–Kier alpha value is -2.93. The predicted molar refractivity (Wildman–Crippen MR) is 99.1 cm³/mol. The van der Waals surface area contributed by atoms with E-state index in [1.54, 1.807) is 10.6 Å². The second-order valence-electron chi connectivity index (χ2n) is 5.33. The fraction of sp³-hybridized carbons (Fsp3) is 0.111. The first-order chi connectivity index (χ1) is 12.1. The molecule has 0 radical (unpaired) electrons. The van der Waals surface area contributed by atoms with E-state index in [1.807, 2.05) is 30.3 Å². The van der Waals surface area contributed by atoms with Crippen LogP contribution in [0, 0.1) is 10.1 Å². The van der Waals surface area contributed by atoms with Gasteiger partial charge >= 0.3 is 0 Å². The van der Waals surface area contributed by atoms with Crippen molar-refractivity contribution in [2.75, 3.05) is 5.75 Å². The first-order valence-electron chi connectivity index (χ1n) is 7.57. The van der Waals surface area contributed by atoms with Crippen LogP contribution in [-0.4, -0.2) is 20.2 Å². The lowest BCUT2D eigenvalue weighted by atomic mass is 10.2. The molecular weight excluding hydrogens is 338 g/mol. The summed E-state index contributed by atoms with van der Waals surface area (Å²) in [4.78, 5) is 28.0. The molecule has 25 heavy (non-hydrogen) atoms. The lowest BCUT2D eigenvalue weighted by molar-refractivity contribution is -0.384. The van der Waals surface area contributed by atoms with Gasteiger partial charge in [-0.2, -0.15) is 0 Å². The van der Waals surface area contributed by atoms with Gasteiger partial charge in [-0.3, -0.25) is 19.5 Å². The molecule has 126 valence electrons. The van der Waals surface area contributed by atoms with Gasteiger partial charge in [0, 0.05) is 17.9 Å². The highest BCUT2D eigenvalue weighted by Crippen LogP contribution is 2.22. The van der Waals surface area contributed by atoms with E-state index in [0.717, 1.165) is 5.56 Å². The largest absolute Gasteiger partial charge is 0.283 e. The Morgan fingerprint density at radius 2 is 2.00 bits per heavy atom. The van der Waals surface area contributed by atoms with E-state index in [4.69, 9.17) is 0 Å². The summed E-state index contributed by atoms with van der Waals surface area (Å²) >= 11 is 1.41. The first-order valence-corrected chi connectivity index (χ1v) is 8.55. The highest BCUT2D eigenvalue weighted by atomic mass is 32.2. The van der Waals surface area contributed by atoms with Crippen molar-refractivity contribution < 1.29 is 4.92 Å². The second kappa shape index (κ2) is 7.31. The summed E-state index contributed by atoms with van der Waals surface area (Å²) in [6, 6.07) is 13.7. The number of nitrogens with zero attached hydrogens (tertiary/aromatic N) is 3. The summed E-state index contributed by atoms with van der Waals surface area (Å²) < 4.78 is 1.55. The fourth-order valence-electron chi connectivity index (χ4n) is 2.45. The van der Waals surface area contributed by atoms with E-state index < -0.39 is 4.92 Å². The van der Waals surface area contributed by atoms with E-state index in [1.165, 1.54) is 30.0 Å². The molecule has 3 rings (SSSR count). The van der Waals surface area contributed by atoms with Crippen molar-refractivity contribution >= 4 is 28.4 Å². The normalized spacial score (nSPS) is 10.7. The molecule has 0 fully saturated rings. The van der Waals surface area contributed by atoms with Gasteiger partial charge < -0.3 is 0 Å². The molecule has 0 saturated heterocycles. The number of non-ortho nitro benzene ring substituents is 1. The van der Waals surface area contributed by atoms with Crippen molar-refractivity contribution in [2.24, 2.45) is 0 Å². The van der Waals surface area contributed by atoms with Crippen molar-refractivity contribution in [3.63, 3.8) is 0 Å². The van der Waals surface area contributed by atoms with Crippen LogP contribution in [0.4, 0.5) is 5.69 Å². The Kier molecular flexibility index (Phi) is 4.95. The number of hydrogen-bond acceptors (Lipinski definition) is 5. The van der Waals surface area contributed by atoms with Crippen LogP contribution in [0.3, 0.4) is 0 Å². The number of rotatable bonds is 6. The van der Waals surface area contributed by atoms with Gasteiger partial charge in [-0.1, -0.05) is 48.2 Å². The third-order valence-electron chi connectivity index (χ3n) is 3.63. The monoisotopic (exact) mass is 353 g/mol. The molecule has 0 aliphatic rings. The maximum atomic E-state index is 13.0. The molecule has 6 nitrogen and oxygen atoms in total. The summed E-state index contributed by atoms with van der Waals surface area (Å²) in [7, 11) is 0. The topological polar surface area (TPSA) is 78.0 Å². The molecule has 0 saturated carbocycles. The average Bonchev–Trinajstić information content (AvgIpc) is 2.63. The van der Waals surface area contributed by atoms with E-state index in [0.29, 0.717) is 23.0 Å². The minimum atomic E-state index is -0.513. The van der Waals surface area contributed by atoms with Crippen molar-refractivity contribution in [2.45, 2.75) is 11.7 Å². The molecule has 0 N–H and O–H groups in total. The lowest BCUT2D eigenvalue weighted by Gasteiger charge is -2.12. The van der Waals surface area contributed by atoms with Gasteiger partial charge in [0.1, 0.15) is 0 Å². The number of thioether (sulfide) groups is 1. The molecule has 0 bridgehead atoms. The zero-order chi connectivity index (χ0) is 17.8. The van der Waals surface area contributed by atoms with Crippen LogP contribution in [-0.2, 0) is 6.54 Å². The predicted octanol–water partition coefficient (Wildman–Crippen LogP) is 3.63. The quantitative estimate of drug-likeness (QED) is 0.222. The van der Waals surface area contributed by atoms with Gasteiger partial charge in [0.2, 0.25) is 0 Å². The number of nitro groups is 1. The Bertz CT molecular complexity index is 1000. The van der Waals surface area contributed by atoms with Crippen molar-refractivity contribution in [1.29, 1.82) is 0 Å². The molecule has 2 aromatic carbocycles. The van der Waals surface area contributed by atoms with Crippen molar-refractivity contribution in [1.82, 2.24) is 9.55 Å². The van der Waals surface area contributed by atoms with Crippen LogP contribution < -0.4 is 5.56 Å². The van der Waals surface area contributed by atoms with Gasteiger partial charge in [-0.25, -0.2) is 4.98 Å². The summed E-state index contributed by atoms with van der Waals surface area (Å²) in [5.74, 6) is 0.611. The summed E-state index contributed by atoms with van der Waals surface area (Å²) in [5, 5.41) is 11.8. The van der Waals surface area contributed by atoms with E-state index >= 15 is 0 Å². The molecule has 1 aromatic heterocycles. The van der Waals surface area contributed by atoms with Crippen LogP contribution in [0.5, 0.6) is 0 Å². The Morgan fingerprint density at radius 1 is 1.24 bits per heavy atom. The molecule has 0 atom stereocenters. The molecule has 0 amide bonds. The highest BCUT2D eigenvalue weighted by molar-refractivity contribution is 7.99. The molecule has 0 aliphatic carbocycles. The van der Waals surface area contributed by atoms with Crippen LogP contribution in [0.25, 0.3) is 10.9 Å². The second-order valence-corrected chi connectivity index (χ2v) is 6.32. The molecule has 0 aliphatic heterocycles. The van der Waals surface area contributed by atoms with Gasteiger partial charge in [0.25, 0.3) is 11.2 Å². The SMILES string of the molecule is C=CCSc1nc2ccc([N+](=O)[O-])cc2c(=O)n1Cc1ccccc1. The molecule has 0 unspecified atom stereocenters. The zero-order valence-electron chi connectivity index (χ0n) is 13.3. The van der Waals surface area contributed by atoms with E-state index in [9.17, 15) is 14.9 Å². The van der Waals surface area contributed by atoms with Crippen LogP contribution in [0.15, 0.2) is 71.1 Å².